The number of aliphatic hydroxyl groups excluding tert-OH is 1. The van der Waals surface area contributed by atoms with E-state index in [9.17, 15) is 18.3 Å². The molecule has 0 aliphatic heterocycles. The van der Waals surface area contributed by atoms with Gasteiger partial charge >= 0.3 is 6.18 Å². The lowest BCUT2D eigenvalue weighted by Gasteiger charge is -2.28. The molecular formula is C21H25F3O2. The molecule has 0 aromatic heterocycles. The highest BCUT2D eigenvalue weighted by Gasteiger charge is 2.37. The van der Waals surface area contributed by atoms with Crippen molar-refractivity contribution in [2.45, 2.75) is 64.3 Å². The van der Waals surface area contributed by atoms with Gasteiger partial charge in [-0.05, 0) is 66.5 Å². The van der Waals surface area contributed by atoms with Crippen LogP contribution in [0.4, 0.5) is 13.2 Å². The van der Waals surface area contributed by atoms with E-state index in [1.165, 1.54) is 12.1 Å². The Morgan fingerprint density at radius 2 is 1.81 bits per heavy atom. The highest BCUT2D eigenvalue weighted by molar-refractivity contribution is 5.89. The van der Waals surface area contributed by atoms with E-state index in [0.717, 1.165) is 25.7 Å². The van der Waals surface area contributed by atoms with Gasteiger partial charge in [0.15, 0.2) is 0 Å². The van der Waals surface area contributed by atoms with E-state index >= 15 is 0 Å². The first-order valence-corrected chi connectivity index (χ1v) is 9.28. The number of fused-ring (bicyclic) bond motifs is 1. The number of ether oxygens (including phenoxy) is 1. The first-order chi connectivity index (χ1) is 12.3. The van der Waals surface area contributed by atoms with E-state index in [1.54, 1.807) is 18.2 Å². The first kappa shape index (κ1) is 19.0. The zero-order chi connectivity index (χ0) is 18.9. The lowest BCUT2D eigenvalue weighted by Crippen LogP contribution is -2.24. The topological polar surface area (TPSA) is 29.5 Å². The Kier molecular flexibility index (Phi) is 5.47. The summed E-state index contributed by atoms with van der Waals surface area (Å²) >= 11 is 0. The zero-order valence-electron chi connectivity index (χ0n) is 15.1. The molecule has 0 saturated heterocycles. The Bertz CT molecular complexity index is 762. The van der Waals surface area contributed by atoms with Gasteiger partial charge in [-0.2, -0.15) is 13.2 Å². The van der Waals surface area contributed by atoms with Crippen molar-refractivity contribution >= 4 is 10.8 Å². The normalized spacial score (nSPS) is 22.4. The van der Waals surface area contributed by atoms with Gasteiger partial charge in [-0.25, -0.2) is 0 Å². The molecule has 0 radical (unpaired) electrons. The van der Waals surface area contributed by atoms with Crippen LogP contribution in [-0.4, -0.2) is 11.2 Å². The Balaban J connectivity index is 2.00. The highest BCUT2D eigenvalue weighted by Crippen LogP contribution is 2.43. The molecule has 2 aromatic carbocycles. The van der Waals surface area contributed by atoms with Crippen molar-refractivity contribution in [3.05, 3.63) is 41.5 Å². The minimum Gasteiger partial charge on any atom is -0.490 e. The van der Waals surface area contributed by atoms with Gasteiger partial charge in [-0.15, -0.1) is 0 Å². The molecule has 1 unspecified atom stereocenters. The van der Waals surface area contributed by atoms with Crippen LogP contribution in [0.3, 0.4) is 0 Å². The Morgan fingerprint density at radius 1 is 1.12 bits per heavy atom. The summed E-state index contributed by atoms with van der Waals surface area (Å²) in [5, 5.41) is 10.5. The smallest absolute Gasteiger partial charge is 0.420 e. The van der Waals surface area contributed by atoms with E-state index in [2.05, 4.69) is 6.92 Å². The number of rotatable bonds is 4. The molecule has 26 heavy (non-hydrogen) atoms. The van der Waals surface area contributed by atoms with Gasteiger partial charge in [0.1, 0.15) is 11.3 Å². The highest BCUT2D eigenvalue weighted by atomic mass is 19.4. The average Bonchev–Trinajstić information content (AvgIpc) is 2.61. The summed E-state index contributed by atoms with van der Waals surface area (Å²) in [4.78, 5) is 0. The van der Waals surface area contributed by atoms with Crippen LogP contribution in [0.5, 0.6) is 5.75 Å². The molecule has 3 rings (SSSR count). The molecule has 1 fully saturated rings. The monoisotopic (exact) mass is 366 g/mol. The fourth-order valence-electron chi connectivity index (χ4n) is 3.69. The lowest BCUT2D eigenvalue weighted by atomic mass is 9.89. The number of alkyl halides is 3. The third-order valence-electron chi connectivity index (χ3n) is 5.32. The van der Waals surface area contributed by atoms with Gasteiger partial charge in [0.25, 0.3) is 0 Å². The van der Waals surface area contributed by atoms with Gasteiger partial charge in [-0.3, -0.25) is 0 Å². The van der Waals surface area contributed by atoms with Crippen molar-refractivity contribution in [2.75, 3.05) is 0 Å². The zero-order valence-corrected chi connectivity index (χ0v) is 15.1. The van der Waals surface area contributed by atoms with Gasteiger partial charge in [0, 0.05) is 0 Å². The molecule has 0 bridgehead atoms. The summed E-state index contributed by atoms with van der Waals surface area (Å²) in [6.45, 7) is 3.99. The van der Waals surface area contributed by atoms with Crippen molar-refractivity contribution in [3.63, 3.8) is 0 Å². The van der Waals surface area contributed by atoms with Crippen LogP contribution in [-0.2, 0) is 6.18 Å². The predicted molar refractivity (Wildman–Crippen MR) is 96.2 cm³/mol. The minimum atomic E-state index is -4.50. The fourth-order valence-corrected chi connectivity index (χ4v) is 3.69. The molecule has 0 spiro atoms. The van der Waals surface area contributed by atoms with Crippen molar-refractivity contribution in [1.82, 2.24) is 0 Å². The Hall–Kier alpha value is -1.75. The largest absolute Gasteiger partial charge is 0.490 e. The molecule has 5 heteroatoms. The van der Waals surface area contributed by atoms with Gasteiger partial charge in [-0.1, -0.05) is 32.0 Å². The lowest BCUT2D eigenvalue weighted by molar-refractivity contribution is -0.138. The van der Waals surface area contributed by atoms with Crippen LogP contribution >= 0.6 is 0 Å². The van der Waals surface area contributed by atoms with Crippen molar-refractivity contribution in [3.8, 4) is 5.75 Å². The van der Waals surface area contributed by atoms with Crippen LogP contribution in [0.15, 0.2) is 30.3 Å². The number of hydrogen-bond acceptors (Lipinski definition) is 2. The molecule has 2 aromatic rings. The summed E-state index contributed by atoms with van der Waals surface area (Å²) in [6, 6.07) is 7.72. The van der Waals surface area contributed by atoms with E-state index in [1.807, 2.05) is 6.92 Å². The maximum Gasteiger partial charge on any atom is 0.420 e. The molecular weight excluding hydrogens is 341 g/mol. The third-order valence-corrected chi connectivity index (χ3v) is 5.32. The van der Waals surface area contributed by atoms with E-state index in [-0.39, 0.29) is 17.2 Å². The second kappa shape index (κ2) is 7.47. The van der Waals surface area contributed by atoms with Crippen LogP contribution in [0.25, 0.3) is 10.8 Å². The van der Waals surface area contributed by atoms with E-state index in [4.69, 9.17) is 4.74 Å². The van der Waals surface area contributed by atoms with Gasteiger partial charge < -0.3 is 9.84 Å². The number of benzene rings is 2. The average molecular weight is 366 g/mol. The minimum absolute atomic E-state index is 0.0895. The van der Waals surface area contributed by atoms with Crippen molar-refractivity contribution in [1.29, 1.82) is 0 Å². The SMILES string of the molecule is CCC(O)c1ccc2c(C(F)(F)F)c(OC3CCC(C)CC3)ccc2c1. The fraction of sp³-hybridized carbons (Fsp3) is 0.524. The van der Waals surface area contributed by atoms with Crippen LogP contribution in [0.1, 0.15) is 63.2 Å². The first-order valence-electron chi connectivity index (χ1n) is 9.28. The Labute approximate surface area is 152 Å². The summed E-state index contributed by atoms with van der Waals surface area (Å²) < 4.78 is 47.2. The second-order valence-corrected chi connectivity index (χ2v) is 7.34. The van der Waals surface area contributed by atoms with Crippen LogP contribution < -0.4 is 4.74 Å². The summed E-state index contributed by atoms with van der Waals surface area (Å²) in [5.41, 5.74) is -0.0887. The number of hydrogen-bond donors (Lipinski definition) is 1. The van der Waals surface area contributed by atoms with Crippen LogP contribution in [0.2, 0.25) is 0 Å². The quantitative estimate of drug-likeness (QED) is 0.692. The third kappa shape index (κ3) is 3.98. The van der Waals surface area contributed by atoms with Gasteiger partial charge in [0.05, 0.1) is 12.2 Å². The summed E-state index contributed by atoms with van der Waals surface area (Å²) in [5.74, 6) is 0.519. The van der Waals surface area contributed by atoms with E-state index < -0.39 is 17.8 Å². The molecule has 1 saturated carbocycles. The second-order valence-electron chi connectivity index (χ2n) is 7.34. The molecule has 1 aliphatic rings. The van der Waals surface area contributed by atoms with E-state index in [0.29, 0.717) is 23.3 Å². The molecule has 0 heterocycles. The molecule has 142 valence electrons. The van der Waals surface area contributed by atoms with Gasteiger partial charge in [0.2, 0.25) is 0 Å². The number of aliphatic hydroxyl groups is 1. The molecule has 2 nitrogen and oxygen atoms in total. The maximum absolute atomic E-state index is 13.8. The summed E-state index contributed by atoms with van der Waals surface area (Å²) in [6.07, 6.45) is -1.27. The standard InChI is InChI=1S/C21H25F3O2/c1-3-18(25)15-6-10-17-14(12-15)7-11-19(20(17)21(22,23)24)26-16-8-4-13(2)5-9-16/h6-7,10-13,16,18,25H,3-5,8-9H2,1-2H3. The van der Waals surface area contributed by atoms with Crippen LogP contribution in [0, 0.1) is 5.92 Å². The van der Waals surface area contributed by atoms with Crippen molar-refractivity contribution in [2.24, 2.45) is 5.92 Å². The molecule has 1 aliphatic carbocycles. The molecule has 1 N–H and O–H groups in total. The molecule has 1 atom stereocenters. The number of halogens is 3. The molecule has 0 amide bonds. The Morgan fingerprint density at radius 3 is 2.42 bits per heavy atom. The summed E-state index contributed by atoms with van der Waals surface area (Å²) in [7, 11) is 0. The maximum atomic E-state index is 13.8. The predicted octanol–water partition coefficient (Wildman–Crippen LogP) is 6.26. The van der Waals surface area contributed by atoms with Crippen molar-refractivity contribution < 1.29 is 23.0 Å².